The van der Waals surface area contributed by atoms with E-state index in [1.807, 2.05) is 13.0 Å². The van der Waals surface area contributed by atoms with E-state index >= 15 is 0 Å². The fourth-order valence-electron chi connectivity index (χ4n) is 4.73. The van der Waals surface area contributed by atoms with E-state index in [4.69, 9.17) is 9.47 Å². The molecule has 1 aromatic carbocycles. The van der Waals surface area contributed by atoms with Gasteiger partial charge in [0.05, 0.1) is 5.56 Å². The molecule has 0 aliphatic heterocycles. The Kier molecular flexibility index (Phi) is 20.9. The fourth-order valence-corrected chi connectivity index (χ4v) is 4.73. The number of benzene rings is 1. The summed E-state index contributed by atoms with van der Waals surface area (Å²) in [5, 5.41) is 0. The van der Waals surface area contributed by atoms with Crippen LogP contribution in [0.2, 0.25) is 0 Å². The maximum absolute atomic E-state index is 13.0. The molecule has 37 heavy (non-hydrogen) atoms. The van der Waals surface area contributed by atoms with Crippen LogP contribution < -0.4 is 0 Å². The SMILES string of the molecule is CCCCCCCCCCCCCCCCC(OC(=O)c1ccccc1)C(=O)OC(CC)CCCCC. The highest BCUT2D eigenvalue weighted by Gasteiger charge is 2.27. The van der Waals surface area contributed by atoms with E-state index in [1.54, 1.807) is 24.3 Å². The van der Waals surface area contributed by atoms with Crippen molar-refractivity contribution in [3.8, 4) is 0 Å². The summed E-state index contributed by atoms with van der Waals surface area (Å²) >= 11 is 0. The molecule has 0 amide bonds. The van der Waals surface area contributed by atoms with Gasteiger partial charge in [-0.15, -0.1) is 0 Å². The van der Waals surface area contributed by atoms with Gasteiger partial charge in [0.1, 0.15) is 6.10 Å². The lowest BCUT2D eigenvalue weighted by Crippen LogP contribution is -2.32. The molecule has 0 spiro atoms. The van der Waals surface area contributed by atoms with Crippen LogP contribution in [0.15, 0.2) is 30.3 Å². The van der Waals surface area contributed by atoms with Gasteiger partial charge >= 0.3 is 11.9 Å². The van der Waals surface area contributed by atoms with Gasteiger partial charge < -0.3 is 9.47 Å². The minimum Gasteiger partial charge on any atom is -0.460 e. The first-order chi connectivity index (χ1) is 18.1. The highest BCUT2D eigenvalue weighted by Crippen LogP contribution is 2.18. The minimum atomic E-state index is -0.828. The van der Waals surface area contributed by atoms with E-state index in [9.17, 15) is 9.59 Å². The van der Waals surface area contributed by atoms with Crippen molar-refractivity contribution in [2.75, 3.05) is 0 Å². The Morgan fingerprint density at radius 3 is 1.57 bits per heavy atom. The monoisotopic (exact) mass is 516 g/mol. The molecule has 212 valence electrons. The summed E-state index contributed by atoms with van der Waals surface area (Å²) in [5.74, 6) is -0.839. The topological polar surface area (TPSA) is 52.6 Å². The number of carbonyl (C=O) groups excluding carboxylic acids is 2. The Labute approximate surface area is 228 Å². The van der Waals surface area contributed by atoms with E-state index in [2.05, 4.69) is 13.8 Å². The molecular weight excluding hydrogens is 460 g/mol. The van der Waals surface area contributed by atoms with Gasteiger partial charge in [-0.1, -0.05) is 135 Å². The van der Waals surface area contributed by atoms with E-state index < -0.39 is 12.1 Å². The quantitative estimate of drug-likeness (QED) is 0.101. The highest BCUT2D eigenvalue weighted by atomic mass is 16.6. The smallest absolute Gasteiger partial charge is 0.347 e. The first kappa shape index (κ1) is 33.2. The molecule has 1 rings (SSSR count). The predicted octanol–water partition coefficient (Wildman–Crippen LogP) is 9.99. The normalized spacial score (nSPS) is 12.7. The van der Waals surface area contributed by atoms with Crippen molar-refractivity contribution in [2.24, 2.45) is 0 Å². The molecule has 0 fully saturated rings. The molecule has 0 aliphatic rings. The fraction of sp³-hybridized carbons (Fsp3) is 0.758. The molecule has 4 nitrogen and oxygen atoms in total. The third-order valence-electron chi connectivity index (χ3n) is 7.21. The molecule has 2 unspecified atom stereocenters. The summed E-state index contributed by atoms with van der Waals surface area (Å²) in [7, 11) is 0. The second kappa shape index (κ2) is 23.3. The van der Waals surface area contributed by atoms with Crippen molar-refractivity contribution in [3.05, 3.63) is 35.9 Å². The Morgan fingerprint density at radius 1 is 0.595 bits per heavy atom. The average Bonchev–Trinajstić information content (AvgIpc) is 2.92. The van der Waals surface area contributed by atoms with Gasteiger partial charge in [0, 0.05) is 0 Å². The molecule has 0 aliphatic carbocycles. The number of hydrogen-bond acceptors (Lipinski definition) is 4. The standard InChI is InChI=1S/C33H56O4/c1-4-7-9-10-11-12-13-14-15-16-17-18-19-24-28-31(37-32(34)29-25-22-20-23-26-29)33(35)36-30(6-3)27-21-8-5-2/h20,22-23,25-26,30-31H,4-19,21,24,27-28H2,1-3H3. The lowest BCUT2D eigenvalue weighted by atomic mass is 10.0. The van der Waals surface area contributed by atoms with Gasteiger partial charge in [-0.25, -0.2) is 9.59 Å². The zero-order chi connectivity index (χ0) is 27.0. The van der Waals surface area contributed by atoms with Gasteiger partial charge in [-0.2, -0.15) is 0 Å². The van der Waals surface area contributed by atoms with Gasteiger partial charge in [0.25, 0.3) is 0 Å². The highest BCUT2D eigenvalue weighted by molar-refractivity contribution is 5.91. The summed E-state index contributed by atoms with van der Waals surface area (Å²) in [6, 6.07) is 8.91. The number of ether oxygens (including phenoxy) is 2. The van der Waals surface area contributed by atoms with Crippen molar-refractivity contribution in [1.82, 2.24) is 0 Å². The van der Waals surface area contributed by atoms with Crippen LogP contribution in [0.1, 0.15) is 160 Å². The van der Waals surface area contributed by atoms with Crippen molar-refractivity contribution in [1.29, 1.82) is 0 Å². The first-order valence-electron chi connectivity index (χ1n) is 15.6. The van der Waals surface area contributed by atoms with Crippen molar-refractivity contribution in [3.63, 3.8) is 0 Å². The molecule has 1 aromatic rings. The summed E-state index contributed by atoms with van der Waals surface area (Å²) in [5.41, 5.74) is 0.469. The molecule has 0 N–H and O–H groups in total. The molecule has 0 heterocycles. The maximum atomic E-state index is 13.0. The number of carbonyl (C=O) groups is 2. The van der Waals surface area contributed by atoms with Crippen LogP contribution in [0.3, 0.4) is 0 Å². The molecular formula is C33H56O4. The van der Waals surface area contributed by atoms with Crippen LogP contribution in [0.4, 0.5) is 0 Å². The first-order valence-corrected chi connectivity index (χ1v) is 15.6. The molecule has 4 heteroatoms. The average molecular weight is 517 g/mol. The maximum Gasteiger partial charge on any atom is 0.347 e. The van der Waals surface area contributed by atoms with Crippen molar-refractivity contribution in [2.45, 2.75) is 161 Å². The summed E-state index contributed by atoms with van der Waals surface area (Å²) in [4.78, 5) is 25.6. The largest absolute Gasteiger partial charge is 0.460 e. The molecule has 0 saturated carbocycles. The van der Waals surface area contributed by atoms with Crippen LogP contribution in [-0.2, 0) is 14.3 Å². The van der Waals surface area contributed by atoms with E-state index in [0.29, 0.717) is 12.0 Å². The predicted molar refractivity (Wildman–Crippen MR) is 155 cm³/mol. The molecule has 0 aromatic heterocycles. The van der Waals surface area contributed by atoms with Crippen LogP contribution in [0, 0.1) is 0 Å². The van der Waals surface area contributed by atoms with Crippen LogP contribution in [0.5, 0.6) is 0 Å². The van der Waals surface area contributed by atoms with Crippen molar-refractivity contribution >= 4 is 11.9 Å². The number of unbranched alkanes of at least 4 members (excludes halogenated alkanes) is 15. The Bertz CT molecular complexity index is 672. The lowest BCUT2D eigenvalue weighted by molar-refractivity contribution is -0.160. The van der Waals surface area contributed by atoms with Gasteiger partial charge in [0.15, 0.2) is 6.10 Å². The zero-order valence-electron chi connectivity index (χ0n) is 24.3. The second-order valence-electron chi connectivity index (χ2n) is 10.6. The lowest BCUT2D eigenvalue weighted by Gasteiger charge is -2.21. The number of rotatable bonds is 24. The van der Waals surface area contributed by atoms with E-state index in [-0.39, 0.29) is 12.1 Å². The van der Waals surface area contributed by atoms with Crippen LogP contribution in [-0.4, -0.2) is 24.1 Å². The molecule has 2 atom stereocenters. The number of esters is 2. The van der Waals surface area contributed by atoms with Gasteiger partial charge in [0.2, 0.25) is 0 Å². The summed E-state index contributed by atoms with van der Waals surface area (Å²) in [6.07, 6.45) is 22.6. The third-order valence-corrected chi connectivity index (χ3v) is 7.21. The second-order valence-corrected chi connectivity index (χ2v) is 10.6. The Hall–Kier alpha value is -1.84. The van der Waals surface area contributed by atoms with Crippen LogP contribution in [0.25, 0.3) is 0 Å². The minimum absolute atomic E-state index is 0.103. The Balaban J connectivity index is 2.35. The molecule has 0 saturated heterocycles. The van der Waals surface area contributed by atoms with Gasteiger partial charge in [-0.3, -0.25) is 0 Å². The Morgan fingerprint density at radius 2 is 1.05 bits per heavy atom. The molecule has 0 radical (unpaired) electrons. The number of hydrogen-bond donors (Lipinski definition) is 0. The summed E-state index contributed by atoms with van der Waals surface area (Å²) in [6.45, 7) is 6.48. The summed E-state index contributed by atoms with van der Waals surface area (Å²) < 4.78 is 11.5. The van der Waals surface area contributed by atoms with Gasteiger partial charge in [-0.05, 0) is 44.2 Å². The molecule has 0 bridgehead atoms. The van der Waals surface area contributed by atoms with E-state index in [0.717, 1.165) is 44.9 Å². The zero-order valence-corrected chi connectivity index (χ0v) is 24.3. The van der Waals surface area contributed by atoms with E-state index in [1.165, 1.54) is 77.0 Å². The van der Waals surface area contributed by atoms with Crippen LogP contribution >= 0.6 is 0 Å². The van der Waals surface area contributed by atoms with Crippen molar-refractivity contribution < 1.29 is 19.1 Å². The third kappa shape index (κ3) is 17.3.